The average molecular weight is 279 g/mol. The van der Waals surface area contributed by atoms with Crippen molar-refractivity contribution in [3.05, 3.63) is 17.8 Å². The summed E-state index contributed by atoms with van der Waals surface area (Å²) in [5, 5.41) is 3.97. The summed E-state index contributed by atoms with van der Waals surface area (Å²) in [4.78, 5) is 23.4. The number of rotatable bonds is 3. The highest BCUT2D eigenvalue weighted by molar-refractivity contribution is 8.00. The molecule has 0 spiro atoms. The summed E-state index contributed by atoms with van der Waals surface area (Å²) in [5.74, 6) is 0.696. The van der Waals surface area contributed by atoms with Crippen molar-refractivity contribution < 1.29 is 4.79 Å². The van der Waals surface area contributed by atoms with Crippen LogP contribution in [-0.2, 0) is 4.79 Å². The lowest BCUT2D eigenvalue weighted by molar-refractivity contribution is -0.127. The lowest BCUT2D eigenvalue weighted by Crippen LogP contribution is -2.29. The fourth-order valence-electron chi connectivity index (χ4n) is 2.07. The van der Waals surface area contributed by atoms with E-state index in [-0.39, 0.29) is 5.91 Å². The van der Waals surface area contributed by atoms with E-state index in [1.54, 1.807) is 17.7 Å². The number of carbonyl (C=O) groups is 1. The summed E-state index contributed by atoms with van der Waals surface area (Å²) in [6, 6.07) is 2.02. The molecule has 94 valence electrons. The van der Waals surface area contributed by atoms with Crippen molar-refractivity contribution >= 4 is 39.2 Å². The normalized spacial score (nSPS) is 15.4. The van der Waals surface area contributed by atoms with Crippen LogP contribution in [-0.4, -0.2) is 39.6 Å². The maximum atomic E-state index is 12.0. The Bertz CT molecular complexity index is 563. The zero-order valence-electron chi connectivity index (χ0n) is 9.83. The molecule has 0 bridgehead atoms. The number of carbonyl (C=O) groups excluding carboxylic acids is 1. The Morgan fingerprint density at radius 3 is 3.06 bits per heavy atom. The van der Waals surface area contributed by atoms with Gasteiger partial charge in [-0.15, -0.1) is 11.3 Å². The van der Waals surface area contributed by atoms with E-state index >= 15 is 0 Å². The van der Waals surface area contributed by atoms with Gasteiger partial charge in [0.25, 0.3) is 0 Å². The molecular weight excluding hydrogens is 266 g/mol. The maximum absolute atomic E-state index is 12.0. The molecular formula is C12H13N3OS2. The van der Waals surface area contributed by atoms with Crippen LogP contribution in [0.1, 0.15) is 12.8 Å². The fourth-order valence-corrected chi connectivity index (χ4v) is 3.75. The van der Waals surface area contributed by atoms with Crippen LogP contribution in [0.2, 0.25) is 0 Å². The second-order valence-electron chi connectivity index (χ2n) is 4.19. The van der Waals surface area contributed by atoms with Gasteiger partial charge in [-0.1, -0.05) is 11.8 Å². The largest absolute Gasteiger partial charge is 0.342 e. The first kappa shape index (κ1) is 11.9. The van der Waals surface area contributed by atoms with Gasteiger partial charge in [0.15, 0.2) is 0 Å². The Kier molecular flexibility index (Phi) is 3.47. The molecule has 0 N–H and O–H groups in total. The number of thiophene rings is 1. The van der Waals surface area contributed by atoms with Crippen molar-refractivity contribution in [1.29, 1.82) is 0 Å². The SMILES string of the molecule is O=C(CSc1ncnc2sccc12)N1CCCC1. The Morgan fingerprint density at radius 2 is 2.22 bits per heavy atom. The van der Waals surface area contributed by atoms with Gasteiger partial charge in [0.1, 0.15) is 16.2 Å². The highest BCUT2D eigenvalue weighted by atomic mass is 32.2. The maximum Gasteiger partial charge on any atom is 0.232 e. The number of aromatic nitrogens is 2. The molecule has 0 radical (unpaired) electrons. The molecule has 1 aliphatic rings. The molecule has 0 saturated carbocycles. The van der Waals surface area contributed by atoms with E-state index in [4.69, 9.17) is 0 Å². The average Bonchev–Trinajstić information content (AvgIpc) is 3.05. The third kappa shape index (κ3) is 2.35. The van der Waals surface area contributed by atoms with Gasteiger partial charge in [-0.3, -0.25) is 4.79 Å². The fraction of sp³-hybridized carbons (Fsp3) is 0.417. The van der Waals surface area contributed by atoms with Gasteiger partial charge in [0, 0.05) is 18.5 Å². The Labute approximate surface area is 113 Å². The number of amides is 1. The number of fused-ring (bicyclic) bond motifs is 1. The third-order valence-electron chi connectivity index (χ3n) is 3.02. The van der Waals surface area contributed by atoms with Crippen molar-refractivity contribution in [2.45, 2.75) is 17.9 Å². The van der Waals surface area contributed by atoms with Crippen LogP contribution in [0.5, 0.6) is 0 Å². The second kappa shape index (κ2) is 5.24. The van der Waals surface area contributed by atoms with Crippen LogP contribution in [0.3, 0.4) is 0 Å². The van der Waals surface area contributed by atoms with Crippen molar-refractivity contribution in [2.24, 2.45) is 0 Å². The standard InChI is InChI=1S/C12H13N3OS2/c16-10(15-4-1-2-5-15)7-18-12-9-3-6-17-11(9)13-8-14-12/h3,6,8H,1-2,4-5,7H2. The molecule has 3 rings (SSSR count). The van der Waals surface area contributed by atoms with Gasteiger partial charge in [0.2, 0.25) is 5.91 Å². The highest BCUT2D eigenvalue weighted by Gasteiger charge is 2.18. The molecule has 0 aliphatic carbocycles. The van der Waals surface area contributed by atoms with Gasteiger partial charge in [-0.05, 0) is 24.3 Å². The molecule has 0 atom stereocenters. The van der Waals surface area contributed by atoms with E-state index in [1.807, 2.05) is 16.3 Å². The molecule has 18 heavy (non-hydrogen) atoms. The monoisotopic (exact) mass is 279 g/mol. The third-order valence-corrected chi connectivity index (χ3v) is 4.83. The summed E-state index contributed by atoms with van der Waals surface area (Å²) < 4.78 is 0. The number of nitrogens with zero attached hydrogens (tertiary/aromatic N) is 3. The molecule has 1 saturated heterocycles. The van der Waals surface area contributed by atoms with Crippen LogP contribution in [0.25, 0.3) is 10.2 Å². The van der Waals surface area contributed by atoms with Crippen LogP contribution in [0.4, 0.5) is 0 Å². The minimum Gasteiger partial charge on any atom is -0.342 e. The van der Waals surface area contributed by atoms with E-state index < -0.39 is 0 Å². The van der Waals surface area contributed by atoms with Crippen molar-refractivity contribution in [3.8, 4) is 0 Å². The quantitative estimate of drug-likeness (QED) is 0.639. The number of hydrogen-bond donors (Lipinski definition) is 0. The first-order valence-corrected chi connectivity index (χ1v) is 7.80. The Balaban J connectivity index is 1.69. The first-order valence-electron chi connectivity index (χ1n) is 5.93. The summed E-state index contributed by atoms with van der Waals surface area (Å²) >= 11 is 3.12. The van der Waals surface area contributed by atoms with Crippen molar-refractivity contribution in [2.75, 3.05) is 18.8 Å². The van der Waals surface area contributed by atoms with Gasteiger partial charge in [0.05, 0.1) is 5.75 Å². The van der Waals surface area contributed by atoms with E-state index in [9.17, 15) is 4.79 Å². The summed E-state index contributed by atoms with van der Waals surface area (Å²) in [7, 11) is 0. The lowest BCUT2D eigenvalue weighted by Gasteiger charge is -2.14. The van der Waals surface area contributed by atoms with Gasteiger partial charge >= 0.3 is 0 Å². The molecule has 1 fully saturated rings. The molecule has 2 aromatic rings. The Hall–Kier alpha value is -1.14. The van der Waals surface area contributed by atoms with Crippen LogP contribution in [0.15, 0.2) is 22.8 Å². The summed E-state index contributed by atoms with van der Waals surface area (Å²) in [6.07, 6.45) is 3.85. The number of likely N-dealkylation sites (tertiary alicyclic amines) is 1. The van der Waals surface area contributed by atoms with Crippen LogP contribution in [0, 0.1) is 0 Å². The van der Waals surface area contributed by atoms with E-state index in [2.05, 4.69) is 9.97 Å². The number of thioether (sulfide) groups is 1. The zero-order chi connectivity index (χ0) is 12.4. The van der Waals surface area contributed by atoms with Crippen LogP contribution >= 0.6 is 23.1 Å². The topological polar surface area (TPSA) is 46.1 Å². The van der Waals surface area contributed by atoms with Gasteiger partial charge < -0.3 is 4.90 Å². The van der Waals surface area contributed by atoms with Gasteiger partial charge in [-0.2, -0.15) is 0 Å². The predicted octanol–water partition coefficient (Wildman–Crippen LogP) is 2.41. The molecule has 2 aromatic heterocycles. The van der Waals surface area contributed by atoms with E-state index in [0.717, 1.165) is 41.2 Å². The summed E-state index contributed by atoms with van der Waals surface area (Å²) in [6.45, 7) is 1.83. The minimum atomic E-state index is 0.222. The Morgan fingerprint density at radius 1 is 1.39 bits per heavy atom. The van der Waals surface area contributed by atoms with E-state index in [1.165, 1.54) is 11.8 Å². The highest BCUT2D eigenvalue weighted by Crippen LogP contribution is 2.27. The van der Waals surface area contributed by atoms with E-state index in [0.29, 0.717) is 5.75 Å². The molecule has 3 heterocycles. The van der Waals surface area contributed by atoms with Crippen molar-refractivity contribution in [3.63, 3.8) is 0 Å². The molecule has 1 aliphatic heterocycles. The zero-order valence-corrected chi connectivity index (χ0v) is 11.5. The molecule has 6 heteroatoms. The second-order valence-corrected chi connectivity index (χ2v) is 6.05. The molecule has 1 amide bonds. The first-order chi connectivity index (χ1) is 8.84. The van der Waals surface area contributed by atoms with Crippen molar-refractivity contribution in [1.82, 2.24) is 14.9 Å². The predicted molar refractivity (Wildman–Crippen MR) is 74.0 cm³/mol. The molecule has 4 nitrogen and oxygen atoms in total. The molecule has 0 unspecified atom stereocenters. The van der Waals surface area contributed by atoms with Crippen LogP contribution < -0.4 is 0 Å². The summed E-state index contributed by atoms with van der Waals surface area (Å²) in [5.41, 5.74) is 0. The smallest absolute Gasteiger partial charge is 0.232 e. The molecule has 0 aromatic carbocycles. The lowest BCUT2D eigenvalue weighted by atomic mass is 10.4. The minimum absolute atomic E-state index is 0.222. The number of hydrogen-bond acceptors (Lipinski definition) is 5. The van der Waals surface area contributed by atoms with Gasteiger partial charge in [-0.25, -0.2) is 9.97 Å².